The Bertz CT molecular complexity index is 867. The molecule has 3 aromatic carbocycles. The Hall–Kier alpha value is -2.12. The Morgan fingerprint density at radius 2 is 1.27 bits per heavy atom. The van der Waals surface area contributed by atoms with Crippen LogP contribution in [0.15, 0.2) is 54.6 Å². The summed E-state index contributed by atoms with van der Waals surface area (Å²) in [6, 6.07) is 17.6. The van der Waals surface area contributed by atoms with Crippen LogP contribution in [0.1, 0.15) is 27.7 Å². The van der Waals surface area contributed by atoms with Gasteiger partial charge in [-0.1, -0.05) is 42.5 Å². The number of hydrogen-bond acceptors (Lipinski definition) is 5. The highest BCUT2D eigenvalue weighted by Gasteiger charge is 2.31. The SMILES string of the molecule is CC(C)(O)C(C)(C)O.OB(O)Oc1ccc2c(ccc3ccccc32)c1. The molecule has 0 unspecified atom stereocenters. The van der Waals surface area contributed by atoms with Crippen molar-refractivity contribution in [1.29, 1.82) is 0 Å². The predicted molar refractivity (Wildman–Crippen MR) is 105 cm³/mol. The standard InChI is InChI=1S/C14H11BO3.C6H14O2/c16-15(17)18-12-7-8-14-11(9-12)6-5-10-3-1-2-4-13(10)14;1-5(2,7)6(3,4)8/h1-9,16-17H;7-8H,1-4H3. The van der Waals surface area contributed by atoms with Gasteiger partial charge in [0.2, 0.25) is 0 Å². The molecule has 0 aromatic heterocycles. The fraction of sp³-hybridized carbons (Fsp3) is 0.300. The summed E-state index contributed by atoms with van der Waals surface area (Å²) < 4.78 is 4.85. The van der Waals surface area contributed by atoms with Gasteiger partial charge in [0.05, 0.1) is 11.2 Å². The smallest absolute Gasteiger partial charge is 0.512 e. The van der Waals surface area contributed by atoms with E-state index in [2.05, 4.69) is 12.1 Å². The Balaban J connectivity index is 0.000000260. The van der Waals surface area contributed by atoms with Gasteiger partial charge in [-0.15, -0.1) is 0 Å². The summed E-state index contributed by atoms with van der Waals surface area (Å²) >= 11 is 0. The summed E-state index contributed by atoms with van der Waals surface area (Å²) in [5, 5.41) is 40.3. The minimum absolute atomic E-state index is 0.438. The van der Waals surface area contributed by atoms with Gasteiger partial charge in [0.25, 0.3) is 0 Å². The summed E-state index contributed by atoms with van der Waals surface area (Å²) in [5.41, 5.74) is -2.01. The highest BCUT2D eigenvalue weighted by molar-refractivity contribution is 6.33. The summed E-state index contributed by atoms with van der Waals surface area (Å²) in [6.45, 7) is 6.31. The van der Waals surface area contributed by atoms with E-state index in [0.717, 1.165) is 10.8 Å². The molecular weight excluding hydrogens is 331 g/mol. The van der Waals surface area contributed by atoms with E-state index in [9.17, 15) is 0 Å². The zero-order valence-electron chi connectivity index (χ0n) is 15.5. The largest absolute Gasteiger partial charge is 0.707 e. The van der Waals surface area contributed by atoms with Gasteiger partial charge in [-0.2, -0.15) is 0 Å². The molecule has 5 nitrogen and oxygen atoms in total. The van der Waals surface area contributed by atoms with Crippen LogP contribution in [-0.2, 0) is 0 Å². The molecule has 0 heterocycles. The zero-order chi connectivity index (χ0) is 19.5. The third-order valence-electron chi connectivity index (χ3n) is 4.46. The molecule has 0 aliphatic rings. The topological polar surface area (TPSA) is 90.2 Å². The van der Waals surface area contributed by atoms with Crippen molar-refractivity contribution in [2.45, 2.75) is 38.9 Å². The summed E-state index contributed by atoms with van der Waals surface area (Å²) in [6.07, 6.45) is 0. The highest BCUT2D eigenvalue weighted by atomic mass is 16.6. The molecule has 0 saturated heterocycles. The molecule has 0 atom stereocenters. The molecule has 0 spiro atoms. The van der Waals surface area contributed by atoms with E-state index in [1.807, 2.05) is 30.3 Å². The molecule has 0 amide bonds. The van der Waals surface area contributed by atoms with E-state index in [1.54, 1.807) is 39.8 Å². The van der Waals surface area contributed by atoms with Crippen LogP contribution < -0.4 is 4.65 Å². The molecule has 0 bridgehead atoms. The first-order valence-electron chi connectivity index (χ1n) is 8.38. The molecule has 0 aliphatic heterocycles. The quantitative estimate of drug-likeness (QED) is 0.428. The summed E-state index contributed by atoms with van der Waals surface area (Å²) in [5.74, 6) is 0.438. The number of fused-ring (bicyclic) bond motifs is 3. The van der Waals surface area contributed by atoms with Crippen molar-refractivity contribution in [2.75, 3.05) is 0 Å². The van der Waals surface area contributed by atoms with Gasteiger partial charge in [0, 0.05) is 0 Å². The van der Waals surface area contributed by atoms with E-state index in [-0.39, 0.29) is 0 Å². The number of rotatable bonds is 3. The molecular formula is C20H25BO5. The lowest BCUT2D eigenvalue weighted by Gasteiger charge is -2.31. The van der Waals surface area contributed by atoms with Crippen LogP contribution in [0.2, 0.25) is 0 Å². The maximum Gasteiger partial charge on any atom is 0.707 e. The first-order chi connectivity index (χ1) is 12.0. The molecule has 0 radical (unpaired) electrons. The molecule has 6 heteroatoms. The lowest BCUT2D eigenvalue weighted by atomic mass is 9.90. The van der Waals surface area contributed by atoms with E-state index < -0.39 is 18.5 Å². The van der Waals surface area contributed by atoms with E-state index >= 15 is 0 Å². The second-order valence-electron chi connectivity index (χ2n) is 7.23. The van der Waals surface area contributed by atoms with Gasteiger partial charge in [-0.3, -0.25) is 0 Å². The van der Waals surface area contributed by atoms with Gasteiger partial charge in [-0.25, -0.2) is 0 Å². The van der Waals surface area contributed by atoms with Crippen LogP contribution in [0.3, 0.4) is 0 Å². The van der Waals surface area contributed by atoms with Crippen LogP contribution in [0.25, 0.3) is 21.5 Å². The second kappa shape index (κ2) is 7.64. The number of hydrogen-bond donors (Lipinski definition) is 4. The Morgan fingerprint density at radius 3 is 1.85 bits per heavy atom. The van der Waals surface area contributed by atoms with Crippen LogP contribution in [0.5, 0.6) is 5.75 Å². The lowest BCUT2D eigenvalue weighted by Crippen LogP contribution is -2.44. The third kappa shape index (κ3) is 4.96. The Kier molecular flexibility index (Phi) is 5.93. The molecule has 0 aliphatic carbocycles. The van der Waals surface area contributed by atoms with Crippen LogP contribution >= 0.6 is 0 Å². The summed E-state index contributed by atoms with van der Waals surface area (Å²) in [4.78, 5) is 0. The van der Waals surface area contributed by atoms with Crippen molar-refractivity contribution >= 4 is 28.9 Å². The third-order valence-corrected chi connectivity index (χ3v) is 4.46. The molecule has 3 rings (SSSR count). The average molecular weight is 356 g/mol. The Morgan fingerprint density at radius 1 is 0.731 bits per heavy atom. The first kappa shape index (κ1) is 20.2. The van der Waals surface area contributed by atoms with Gasteiger partial charge in [-0.05, 0) is 61.4 Å². The fourth-order valence-corrected chi connectivity index (χ4v) is 2.19. The van der Waals surface area contributed by atoms with Crippen molar-refractivity contribution < 1.29 is 24.9 Å². The molecule has 4 N–H and O–H groups in total. The first-order valence-corrected chi connectivity index (χ1v) is 8.38. The summed E-state index contributed by atoms with van der Waals surface area (Å²) in [7, 11) is -1.79. The van der Waals surface area contributed by atoms with Crippen LogP contribution in [-0.4, -0.2) is 38.8 Å². The van der Waals surface area contributed by atoms with Crippen molar-refractivity contribution in [3.05, 3.63) is 54.6 Å². The normalized spacial score (nSPS) is 11.8. The van der Waals surface area contributed by atoms with Gasteiger partial charge >= 0.3 is 7.32 Å². The van der Waals surface area contributed by atoms with E-state index in [1.165, 1.54) is 10.8 Å². The maximum absolute atomic E-state index is 9.10. The van der Waals surface area contributed by atoms with Crippen molar-refractivity contribution in [3.63, 3.8) is 0 Å². The average Bonchev–Trinajstić information content (AvgIpc) is 2.52. The van der Waals surface area contributed by atoms with E-state index in [4.69, 9.17) is 24.9 Å². The van der Waals surface area contributed by atoms with Crippen molar-refractivity contribution in [3.8, 4) is 5.75 Å². The molecule has 138 valence electrons. The minimum atomic E-state index is -1.79. The minimum Gasteiger partial charge on any atom is -0.512 e. The van der Waals surface area contributed by atoms with Crippen LogP contribution in [0, 0.1) is 0 Å². The fourth-order valence-electron chi connectivity index (χ4n) is 2.19. The number of benzene rings is 3. The molecule has 0 saturated carbocycles. The van der Waals surface area contributed by atoms with Crippen LogP contribution in [0.4, 0.5) is 0 Å². The Labute approximate surface area is 153 Å². The van der Waals surface area contributed by atoms with Gasteiger partial charge < -0.3 is 24.9 Å². The maximum atomic E-state index is 9.10. The molecule has 26 heavy (non-hydrogen) atoms. The van der Waals surface area contributed by atoms with Crippen molar-refractivity contribution in [1.82, 2.24) is 0 Å². The molecule has 0 fully saturated rings. The zero-order valence-corrected chi connectivity index (χ0v) is 15.5. The monoisotopic (exact) mass is 356 g/mol. The van der Waals surface area contributed by atoms with E-state index in [0.29, 0.717) is 5.75 Å². The highest BCUT2D eigenvalue weighted by Crippen LogP contribution is 2.28. The number of aliphatic hydroxyl groups is 2. The van der Waals surface area contributed by atoms with Gasteiger partial charge in [0.15, 0.2) is 0 Å². The lowest BCUT2D eigenvalue weighted by molar-refractivity contribution is -0.107. The second-order valence-corrected chi connectivity index (χ2v) is 7.23. The molecule has 3 aromatic rings. The van der Waals surface area contributed by atoms with Gasteiger partial charge in [0.1, 0.15) is 5.75 Å². The predicted octanol–water partition coefficient (Wildman–Crippen LogP) is 2.87. The van der Waals surface area contributed by atoms with Crippen molar-refractivity contribution in [2.24, 2.45) is 0 Å².